The number of esters is 2. The molecule has 2 aromatic carbocycles. The number of nitrogens with one attached hydrogen (secondary N) is 2. The summed E-state index contributed by atoms with van der Waals surface area (Å²) in [6.07, 6.45) is 2.62. The van der Waals surface area contributed by atoms with Gasteiger partial charge in [-0.3, -0.25) is 4.79 Å². The van der Waals surface area contributed by atoms with Crippen molar-refractivity contribution in [2.24, 2.45) is 0 Å². The highest BCUT2D eigenvalue weighted by Crippen LogP contribution is 2.38. The molecule has 0 aliphatic carbocycles. The van der Waals surface area contributed by atoms with E-state index in [0.717, 1.165) is 35.6 Å². The zero-order valence-corrected chi connectivity index (χ0v) is 23.2. The number of nitrogens with zero attached hydrogens (tertiary/aromatic N) is 2. The molecule has 12 heteroatoms. The minimum absolute atomic E-state index is 0.000565. The van der Waals surface area contributed by atoms with Crippen molar-refractivity contribution < 1.29 is 37.4 Å². The first-order valence-electron chi connectivity index (χ1n) is 13.8. The van der Waals surface area contributed by atoms with Crippen LogP contribution in [0.3, 0.4) is 0 Å². The Balaban J connectivity index is 1.16. The summed E-state index contributed by atoms with van der Waals surface area (Å²) in [5, 5.41) is 5.20. The highest BCUT2D eigenvalue weighted by Gasteiger charge is 2.46. The van der Waals surface area contributed by atoms with Gasteiger partial charge in [-0.05, 0) is 68.6 Å². The van der Waals surface area contributed by atoms with Crippen LogP contribution in [0.5, 0.6) is 0 Å². The number of urea groups is 2. The minimum Gasteiger partial charge on any atom is -0.468 e. The van der Waals surface area contributed by atoms with Crippen molar-refractivity contribution >= 4 is 24.0 Å². The van der Waals surface area contributed by atoms with Crippen molar-refractivity contribution in [2.45, 2.75) is 37.1 Å². The molecule has 1 unspecified atom stereocenters. The van der Waals surface area contributed by atoms with Gasteiger partial charge in [0.25, 0.3) is 0 Å². The van der Waals surface area contributed by atoms with Crippen molar-refractivity contribution in [3.8, 4) is 0 Å². The standard InChI is InChI=1S/C30H32F2N4O6/c1-41-27(38)30(20-7-3-2-4-8-20)11-15-35(16-12-30)14-6-5-13-33-28(39)36-25(19-9-10-21(31)22(32)17-19)24-23(34-29(36)40)18-42-26(24)37/h2-4,7-10,17,25H,5-6,11-16,18H2,1H3,(H,33,39)(H,34,40). The highest BCUT2D eigenvalue weighted by molar-refractivity contribution is 6.03. The molecule has 42 heavy (non-hydrogen) atoms. The van der Waals surface area contributed by atoms with Crippen LogP contribution in [-0.4, -0.2) is 73.7 Å². The number of likely N-dealkylation sites (tertiary alicyclic amines) is 1. The second-order valence-corrected chi connectivity index (χ2v) is 10.6. The normalized spacial score (nSPS) is 20.1. The molecule has 0 spiro atoms. The van der Waals surface area contributed by atoms with Gasteiger partial charge in [-0.2, -0.15) is 0 Å². The SMILES string of the molecule is COC(=O)C1(c2ccccc2)CCN(CCCCNC(=O)N2C(=O)NC3=C(C(=O)OC3)C2c2ccc(F)c(F)c2)CC1. The zero-order chi connectivity index (χ0) is 29.9. The van der Waals surface area contributed by atoms with Crippen LogP contribution in [0.1, 0.15) is 42.9 Å². The number of imide groups is 1. The maximum Gasteiger partial charge on any atom is 0.338 e. The van der Waals surface area contributed by atoms with Gasteiger partial charge in [0, 0.05) is 6.54 Å². The first kappa shape index (κ1) is 29.2. The van der Waals surface area contributed by atoms with Crippen LogP contribution in [0.15, 0.2) is 59.8 Å². The summed E-state index contributed by atoms with van der Waals surface area (Å²) >= 11 is 0. The molecule has 0 radical (unpaired) electrons. The Morgan fingerprint density at radius 2 is 1.81 bits per heavy atom. The largest absolute Gasteiger partial charge is 0.468 e. The second-order valence-electron chi connectivity index (χ2n) is 10.6. The van der Waals surface area contributed by atoms with E-state index in [1.54, 1.807) is 0 Å². The van der Waals surface area contributed by atoms with Gasteiger partial charge >= 0.3 is 24.0 Å². The van der Waals surface area contributed by atoms with Gasteiger partial charge in [0.05, 0.1) is 23.8 Å². The maximum absolute atomic E-state index is 14.1. The summed E-state index contributed by atoms with van der Waals surface area (Å²) in [5.74, 6) is -3.24. The van der Waals surface area contributed by atoms with E-state index in [1.165, 1.54) is 13.2 Å². The number of ether oxygens (including phenoxy) is 2. The maximum atomic E-state index is 14.1. The van der Waals surface area contributed by atoms with Gasteiger partial charge in [-0.15, -0.1) is 0 Å². The summed E-state index contributed by atoms with van der Waals surface area (Å²) in [5.41, 5.74) is 0.541. The number of amides is 4. The van der Waals surface area contributed by atoms with E-state index in [4.69, 9.17) is 9.47 Å². The highest BCUT2D eigenvalue weighted by atomic mass is 19.2. The molecule has 0 aromatic heterocycles. The summed E-state index contributed by atoms with van der Waals surface area (Å²) in [6, 6.07) is 9.79. The molecule has 3 aliphatic heterocycles. The van der Waals surface area contributed by atoms with Crippen molar-refractivity contribution in [3.05, 3.63) is 82.6 Å². The lowest BCUT2D eigenvalue weighted by atomic mass is 9.72. The van der Waals surface area contributed by atoms with Crippen LogP contribution >= 0.6 is 0 Å². The van der Waals surface area contributed by atoms with Gasteiger partial charge < -0.3 is 25.0 Å². The van der Waals surface area contributed by atoms with Crippen molar-refractivity contribution in [1.82, 2.24) is 20.4 Å². The molecule has 1 saturated heterocycles. The number of hydrogen-bond donors (Lipinski definition) is 2. The molecule has 0 saturated carbocycles. The van der Waals surface area contributed by atoms with Crippen LogP contribution in [0.25, 0.3) is 0 Å². The number of carbonyl (C=O) groups excluding carboxylic acids is 4. The Morgan fingerprint density at radius 1 is 1.07 bits per heavy atom. The quantitative estimate of drug-likeness (QED) is 0.361. The molecular weight excluding hydrogens is 550 g/mol. The van der Waals surface area contributed by atoms with Crippen LogP contribution < -0.4 is 10.6 Å². The minimum atomic E-state index is -1.27. The van der Waals surface area contributed by atoms with Gasteiger partial charge in [-0.1, -0.05) is 36.4 Å². The predicted octanol–water partition coefficient (Wildman–Crippen LogP) is 3.54. The molecule has 10 nitrogen and oxygen atoms in total. The number of halogens is 2. The van der Waals surface area contributed by atoms with Crippen LogP contribution in [-0.2, 0) is 24.5 Å². The van der Waals surface area contributed by atoms with Crippen molar-refractivity contribution in [1.29, 1.82) is 0 Å². The lowest BCUT2D eigenvalue weighted by Crippen LogP contribution is -2.54. The molecule has 2 N–H and O–H groups in total. The van der Waals surface area contributed by atoms with Crippen LogP contribution in [0, 0.1) is 11.6 Å². The number of benzene rings is 2. The van der Waals surface area contributed by atoms with Crippen molar-refractivity contribution in [3.63, 3.8) is 0 Å². The fraction of sp³-hybridized carbons (Fsp3) is 0.400. The smallest absolute Gasteiger partial charge is 0.338 e. The Morgan fingerprint density at radius 3 is 2.50 bits per heavy atom. The van der Waals surface area contributed by atoms with E-state index in [9.17, 15) is 28.0 Å². The lowest BCUT2D eigenvalue weighted by Gasteiger charge is -2.40. The van der Waals surface area contributed by atoms with Crippen LogP contribution in [0.2, 0.25) is 0 Å². The fourth-order valence-electron chi connectivity index (χ4n) is 5.90. The molecule has 1 atom stereocenters. The van der Waals surface area contributed by atoms with Gasteiger partial charge in [0.1, 0.15) is 12.6 Å². The van der Waals surface area contributed by atoms with E-state index in [2.05, 4.69) is 15.5 Å². The van der Waals surface area contributed by atoms with E-state index >= 15 is 0 Å². The Labute approximate surface area is 241 Å². The molecule has 0 bridgehead atoms. The van der Waals surface area contributed by atoms with E-state index in [1.807, 2.05) is 30.3 Å². The summed E-state index contributed by atoms with van der Waals surface area (Å²) in [6.45, 7) is 2.25. The Hall–Kier alpha value is -4.32. The lowest BCUT2D eigenvalue weighted by molar-refractivity contribution is -0.149. The van der Waals surface area contributed by atoms with Gasteiger partial charge in [-0.25, -0.2) is 28.1 Å². The monoisotopic (exact) mass is 582 g/mol. The number of rotatable bonds is 8. The third-order valence-corrected chi connectivity index (χ3v) is 8.17. The van der Waals surface area contributed by atoms with Gasteiger partial charge in [0.2, 0.25) is 0 Å². The predicted molar refractivity (Wildman–Crippen MR) is 146 cm³/mol. The average Bonchev–Trinajstić information content (AvgIpc) is 3.37. The Bertz CT molecular complexity index is 1410. The number of hydrogen-bond acceptors (Lipinski definition) is 7. The molecule has 2 aromatic rings. The second kappa shape index (κ2) is 12.3. The summed E-state index contributed by atoms with van der Waals surface area (Å²) in [4.78, 5) is 54.3. The summed E-state index contributed by atoms with van der Waals surface area (Å²) in [7, 11) is 1.41. The summed E-state index contributed by atoms with van der Waals surface area (Å²) < 4.78 is 37.9. The molecule has 4 amide bonds. The number of methoxy groups -OCH3 is 1. The zero-order valence-electron chi connectivity index (χ0n) is 23.2. The third-order valence-electron chi connectivity index (χ3n) is 8.17. The molecular formula is C30H32F2N4O6. The Kier molecular flexibility index (Phi) is 8.53. The number of piperidine rings is 1. The fourth-order valence-corrected chi connectivity index (χ4v) is 5.90. The first-order valence-corrected chi connectivity index (χ1v) is 13.8. The van der Waals surface area contributed by atoms with Gasteiger partial charge in [0.15, 0.2) is 11.6 Å². The van der Waals surface area contributed by atoms with E-state index in [-0.39, 0.29) is 36.0 Å². The number of carbonyl (C=O) groups is 4. The molecule has 1 fully saturated rings. The number of unbranched alkanes of at least 4 members (excludes halogenated alkanes) is 1. The number of cyclic esters (lactones) is 1. The topological polar surface area (TPSA) is 117 Å². The third kappa shape index (κ3) is 5.58. The molecule has 5 rings (SSSR count). The van der Waals surface area contributed by atoms with E-state index < -0.39 is 41.1 Å². The molecule has 3 heterocycles. The first-order chi connectivity index (χ1) is 20.2. The molecule has 222 valence electrons. The average molecular weight is 583 g/mol. The van der Waals surface area contributed by atoms with Crippen LogP contribution in [0.4, 0.5) is 18.4 Å². The van der Waals surface area contributed by atoms with E-state index in [0.29, 0.717) is 32.4 Å². The van der Waals surface area contributed by atoms with Crippen molar-refractivity contribution in [2.75, 3.05) is 39.9 Å². The molecule has 3 aliphatic rings.